The summed E-state index contributed by atoms with van der Waals surface area (Å²) in [6.07, 6.45) is 1.58. The molecule has 0 saturated carbocycles. The molecule has 3 aromatic rings. The van der Waals surface area contributed by atoms with E-state index in [1.165, 1.54) is 6.08 Å². The average molecular weight is 472 g/mol. The molecule has 33 heavy (non-hydrogen) atoms. The van der Waals surface area contributed by atoms with Gasteiger partial charge in [0.2, 0.25) is 0 Å². The maximum absolute atomic E-state index is 12.8. The second-order valence-corrected chi connectivity index (χ2v) is 8.64. The largest absolute Gasteiger partial charge is 0.457 e. The van der Waals surface area contributed by atoms with Crippen LogP contribution in [0.25, 0.3) is 10.2 Å². The zero-order valence-electron chi connectivity index (χ0n) is 18.9. The smallest absolute Gasteiger partial charge is 0.348 e. The Morgan fingerprint density at radius 3 is 2.82 bits per heavy atom. The van der Waals surface area contributed by atoms with Crippen molar-refractivity contribution in [2.45, 2.75) is 26.0 Å². The Balaban J connectivity index is 1.84. The molecule has 0 aliphatic carbocycles. The molecule has 8 nitrogen and oxygen atoms in total. The zero-order chi connectivity index (χ0) is 23.8. The molecule has 3 rings (SSSR count). The first-order valence-corrected chi connectivity index (χ1v) is 11.5. The average Bonchev–Trinajstić information content (AvgIpc) is 3.14. The van der Waals surface area contributed by atoms with Gasteiger partial charge >= 0.3 is 5.97 Å². The molecule has 0 saturated heterocycles. The summed E-state index contributed by atoms with van der Waals surface area (Å²) >= 11 is 1.14. The van der Waals surface area contributed by atoms with Crippen LogP contribution in [0.2, 0.25) is 0 Å². The number of fused-ring (bicyclic) bond motifs is 1. The highest BCUT2D eigenvalue weighted by Crippen LogP contribution is 2.28. The minimum atomic E-state index is -0.681. The fourth-order valence-corrected chi connectivity index (χ4v) is 4.66. The van der Waals surface area contributed by atoms with Gasteiger partial charge in [-0.15, -0.1) is 11.3 Å². The van der Waals surface area contributed by atoms with Gasteiger partial charge in [0.25, 0.3) is 5.56 Å². The maximum Gasteiger partial charge on any atom is 0.348 e. The summed E-state index contributed by atoms with van der Waals surface area (Å²) in [6.45, 7) is 7.31. The number of aliphatic hydroxyl groups excluding tert-OH is 1. The molecule has 2 aromatic heterocycles. The van der Waals surface area contributed by atoms with Gasteiger partial charge in [0.15, 0.2) is 0 Å². The van der Waals surface area contributed by atoms with Gasteiger partial charge in [-0.2, -0.15) is 0 Å². The van der Waals surface area contributed by atoms with E-state index in [1.807, 2.05) is 35.2 Å². The number of methoxy groups -OCH3 is 1. The van der Waals surface area contributed by atoms with Crippen molar-refractivity contribution in [3.63, 3.8) is 0 Å². The number of rotatable bonds is 12. The molecule has 2 heterocycles. The van der Waals surface area contributed by atoms with Gasteiger partial charge < -0.3 is 19.6 Å². The van der Waals surface area contributed by atoms with Gasteiger partial charge in [-0.05, 0) is 24.5 Å². The standard InChI is InChI=1S/C24H29N3O5S/c1-4-12-32-24(30)21-16(2)20-22(29)25-19(26-23(20)33-21)15-27(11-8-13-31-3)14-18(28)17-9-6-5-7-10-17/h4-7,9-10,18,28H,1,8,11-15H2,2-3H3,(H,25,26,29). The summed E-state index contributed by atoms with van der Waals surface area (Å²) < 4.78 is 10.3. The number of H-pyrrole nitrogens is 1. The van der Waals surface area contributed by atoms with E-state index >= 15 is 0 Å². The van der Waals surface area contributed by atoms with Crippen LogP contribution in [-0.4, -0.2) is 59.4 Å². The summed E-state index contributed by atoms with van der Waals surface area (Å²) in [4.78, 5) is 35.5. The van der Waals surface area contributed by atoms with E-state index < -0.39 is 12.1 Å². The summed E-state index contributed by atoms with van der Waals surface area (Å²) in [5, 5.41) is 11.1. The molecule has 0 amide bonds. The lowest BCUT2D eigenvalue weighted by atomic mass is 10.1. The van der Waals surface area contributed by atoms with Crippen LogP contribution in [0.3, 0.4) is 0 Å². The van der Waals surface area contributed by atoms with E-state index in [4.69, 9.17) is 9.47 Å². The van der Waals surface area contributed by atoms with Gasteiger partial charge in [-0.25, -0.2) is 9.78 Å². The van der Waals surface area contributed by atoms with Crippen molar-refractivity contribution in [3.05, 3.63) is 75.2 Å². The molecule has 1 aromatic carbocycles. The Morgan fingerprint density at radius 1 is 1.36 bits per heavy atom. The quantitative estimate of drug-likeness (QED) is 0.237. The topological polar surface area (TPSA) is 105 Å². The van der Waals surface area contributed by atoms with Gasteiger partial charge in [0, 0.05) is 26.8 Å². The Hall–Kier alpha value is -2.85. The third-order valence-corrected chi connectivity index (χ3v) is 6.34. The lowest BCUT2D eigenvalue weighted by Gasteiger charge is -2.24. The summed E-state index contributed by atoms with van der Waals surface area (Å²) in [5.74, 6) is -0.0269. The molecule has 9 heteroatoms. The third kappa shape index (κ3) is 6.35. The second kappa shape index (κ2) is 11.9. The lowest BCUT2D eigenvalue weighted by molar-refractivity contribution is 0.0554. The van der Waals surface area contributed by atoms with Crippen molar-refractivity contribution in [2.24, 2.45) is 0 Å². The number of aryl methyl sites for hydroxylation is 1. The molecule has 0 aliphatic heterocycles. The maximum atomic E-state index is 12.8. The number of aliphatic hydroxyl groups is 1. The van der Waals surface area contributed by atoms with E-state index in [2.05, 4.69) is 16.5 Å². The van der Waals surface area contributed by atoms with E-state index in [1.54, 1.807) is 14.0 Å². The zero-order valence-corrected chi connectivity index (χ0v) is 19.7. The number of carbonyl (C=O) groups is 1. The highest BCUT2D eigenvalue weighted by molar-refractivity contribution is 7.20. The number of hydrogen-bond donors (Lipinski definition) is 2. The third-order valence-electron chi connectivity index (χ3n) is 5.18. The van der Waals surface area contributed by atoms with Crippen LogP contribution in [0, 0.1) is 6.92 Å². The summed E-state index contributed by atoms with van der Waals surface area (Å²) in [7, 11) is 1.65. The van der Waals surface area contributed by atoms with Gasteiger partial charge in [-0.3, -0.25) is 9.69 Å². The minimum absolute atomic E-state index is 0.0989. The molecule has 2 N–H and O–H groups in total. The Kier molecular flexibility index (Phi) is 8.90. The first-order chi connectivity index (χ1) is 15.9. The van der Waals surface area contributed by atoms with Crippen molar-refractivity contribution < 1.29 is 19.4 Å². The van der Waals surface area contributed by atoms with Crippen LogP contribution in [0.15, 0.2) is 47.8 Å². The highest BCUT2D eigenvalue weighted by atomic mass is 32.1. The number of thiophene rings is 1. The fraction of sp³-hybridized carbons (Fsp3) is 0.375. The predicted octanol–water partition coefficient (Wildman–Crippen LogP) is 3.21. The number of ether oxygens (including phenoxy) is 2. The molecule has 0 aliphatic rings. The highest BCUT2D eigenvalue weighted by Gasteiger charge is 2.21. The van der Waals surface area contributed by atoms with Crippen LogP contribution in [0.5, 0.6) is 0 Å². The van der Waals surface area contributed by atoms with Gasteiger partial charge in [0.05, 0.1) is 18.0 Å². The number of aromatic amines is 1. The second-order valence-electron chi connectivity index (χ2n) is 7.64. The molecular formula is C24H29N3O5S. The molecular weight excluding hydrogens is 442 g/mol. The van der Waals surface area contributed by atoms with Crippen molar-refractivity contribution in [1.82, 2.24) is 14.9 Å². The monoisotopic (exact) mass is 471 g/mol. The van der Waals surface area contributed by atoms with Crippen LogP contribution in [0.4, 0.5) is 0 Å². The minimum Gasteiger partial charge on any atom is -0.457 e. The number of hydrogen-bond acceptors (Lipinski definition) is 8. The number of carbonyl (C=O) groups excluding carboxylic acids is 1. The SMILES string of the molecule is C=CCOC(=O)c1sc2nc(CN(CCCOC)CC(O)c3ccccc3)[nH]c(=O)c2c1C. The van der Waals surface area contributed by atoms with Crippen LogP contribution in [-0.2, 0) is 16.0 Å². The van der Waals surface area contributed by atoms with Crippen molar-refractivity contribution in [3.8, 4) is 0 Å². The van der Waals surface area contributed by atoms with E-state index in [-0.39, 0.29) is 12.2 Å². The van der Waals surface area contributed by atoms with Gasteiger partial charge in [0.1, 0.15) is 22.1 Å². The van der Waals surface area contributed by atoms with Crippen LogP contribution < -0.4 is 5.56 Å². The predicted molar refractivity (Wildman–Crippen MR) is 129 cm³/mol. The Bertz CT molecular complexity index is 1140. The van der Waals surface area contributed by atoms with Crippen molar-refractivity contribution >= 4 is 27.5 Å². The molecule has 0 bridgehead atoms. The van der Waals surface area contributed by atoms with Crippen LogP contribution in [0.1, 0.15) is 39.1 Å². The Morgan fingerprint density at radius 2 is 2.12 bits per heavy atom. The summed E-state index contributed by atoms with van der Waals surface area (Å²) in [6, 6.07) is 9.44. The fourth-order valence-electron chi connectivity index (χ4n) is 3.56. The lowest BCUT2D eigenvalue weighted by Crippen LogP contribution is -2.31. The first kappa shape index (κ1) is 24.8. The van der Waals surface area contributed by atoms with E-state index in [0.29, 0.717) is 52.7 Å². The normalized spacial score (nSPS) is 12.2. The number of esters is 1. The molecule has 1 unspecified atom stereocenters. The van der Waals surface area contributed by atoms with Crippen molar-refractivity contribution in [1.29, 1.82) is 0 Å². The number of aromatic nitrogens is 2. The molecule has 0 fully saturated rings. The first-order valence-electron chi connectivity index (χ1n) is 10.7. The van der Waals surface area contributed by atoms with Crippen LogP contribution >= 0.6 is 11.3 Å². The van der Waals surface area contributed by atoms with Crippen molar-refractivity contribution in [2.75, 3.05) is 33.4 Å². The Labute approximate surface area is 196 Å². The van der Waals surface area contributed by atoms with Gasteiger partial charge in [-0.1, -0.05) is 43.0 Å². The number of nitrogens with one attached hydrogen (secondary N) is 1. The van der Waals surface area contributed by atoms with E-state index in [0.717, 1.165) is 23.3 Å². The number of nitrogens with zero attached hydrogens (tertiary/aromatic N) is 2. The molecule has 0 spiro atoms. The summed E-state index contributed by atoms with van der Waals surface area (Å²) in [5.41, 5.74) is 1.08. The molecule has 0 radical (unpaired) electrons. The molecule has 176 valence electrons. The van der Waals surface area contributed by atoms with E-state index in [9.17, 15) is 14.7 Å². The number of benzene rings is 1. The molecule has 1 atom stereocenters.